The van der Waals surface area contributed by atoms with Crippen molar-refractivity contribution < 1.29 is 4.92 Å². The normalized spacial score (nSPS) is 11.1. The van der Waals surface area contributed by atoms with Crippen LogP contribution in [0.3, 0.4) is 0 Å². The van der Waals surface area contributed by atoms with Gasteiger partial charge in [0.1, 0.15) is 0 Å². The Kier molecular flexibility index (Phi) is 5.64. The van der Waals surface area contributed by atoms with Crippen LogP contribution in [0.15, 0.2) is 40.6 Å². The number of thioether (sulfide) groups is 1. The van der Waals surface area contributed by atoms with Gasteiger partial charge < -0.3 is 0 Å². The van der Waals surface area contributed by atoms with Crippen molar-refractivity contribution in [3.63, 3.8) is 0 Å². The summed E-state index contributed by atoms with van der Waals surface area (Å²) >= 11 is 1.58. The fraction of sp³-hybridized carbons (Fsp3) is 0.267. The molecular weight excluding hydrogens is 314 g/mol. The largest absolute Gasteiger partial charge is 0.269 e. The van der Waals surface area contributed by atoms with Gasteiger partial charge >= 0.3 is 0 Å². The van der Waals surface area contributed by atoms with Gasteiger partial charge in [-0.2, -0.15) is 5.10 Å². The molecule has 0 aliphatic heterocycles. The number of nitro benzene ring substituents is 1. The number of nitro groups is 1. The van der Waals surface area contributed by atoms with Gasteiger partial charge in [0.15, 0.2) is 11.0 Å². The Labute approximate surface area is 138 Å². The molecule has 8 heteroatoms. The van der Waals surface area contributed by atoms with Crippen LogP contribution < -0.4 is 5.43 Å². The minimum atomic E-state index is -0.434. The number of nitrogens with zero attached hydrogens (tertiary/aromatic N) is 4. The minimum absolute atomic E-state index is 0.0527. The lowest BCUT2D eigenvalue weighted by Crippen LogP contribution is -2.00. The van der Waals surface area contributed by atoms with Crippen molar-refractivity contribution in [1.29, 1.82) is 0 Å². The van der Waals surface area contributed by atoms with Gasteiger partial charge in [0.05, 0.1) is 11.1 Å². The van der Waals surface area contributed by atoms with E-state index >= 15 is 0 Å². The quantitative estimate of drug-likeness (QED) is 0.285. The molecule has 0 bridgehead atoms. The molecule has 120 valence electrons. The second-order valence-electron chi connectivity index (χ2n) is 5.06. The van der Waals surface area contributed by atoms with E-state index in [9.17, 15) is 10.1 Å². The van der Waals surface area contributed by atoms with Crippen LogP contribution in [0.25, 0.3) is 0 Å². The summed E-state index contributed by atoms with van der Waals surface area (Å²) < 4.78 is 0. The van der Waals surface area contributed by atoms with Crippen molar-refractivity contribution in [2.45, 2.75) is 31.2 Å². The molecule has 1 aromatic heterocycles. The summed E-state index contributed by atoms with van der Waals surface area (Å²) in [5, 5.41) is 15.8. The molecular formula is C15H17N5O2S. The monoisotopic (exact) mass is 331 g/mol. The molecule has 2 aromatic rings. The number of non-ortho nitro benzene ring substituents is 1. The highest BCUT2D eigenvalue weighted by atomic mass is 32.2. The number of anilines is 1. The zero-order valence-electron chi connectivity index (χ0n) is 13.1. The number of hydrogen-bond donors (Lipinski definition) is 1. The van der Waals surface area contributed by atoms with E-state index in [0.29, 0.717) is 16.2 Å². The minimum Gasteiger partial charge on any atom is -0.261 e. The highest BCUT2D eigenvalue weighted by Gasteiger charge is 2.05. The van der Waals surface area contributed by atoms with Crippen molar-refractivity contribution in [3.05, 3.63) is 51.7 Å². The van der Waals surface area contributed by atoms with E-state index in [1.54, 1.807) is 36.2 Å². The van der Waals surface area contributed by atoms with E-state index in [4.69, 9.17) is 0 Å². The predicted octanol–water partition coefficient (Wildman–Crippen LogP) is 3.64. The Morgan fingerprint density at radius 3 is 2.61 bits per heavy atom. The fourth-order valence-corrected chi connectivity index (χ4v) is 2.49. The molecule has 0 saturated heterocycles. The number of rotatable bonds is 6. The van der Waals surface area contributed by atoms with Gasteiger partial charge in [0.25, 0.3) is 5.69 Å². The molecule has 0 aliphatic rings. The van der Waals surface area contributed by atoms with Crippen molar-refractivity contribution in [1.82, 2.24) is 9.97 Å². The van der Waals surface area contributed by atoms with E-state index < -0.39 is 4.92 Å². The summed E-state index contributed by atoms with van der Waals surface area (Å²) in [5.74, 6) is 0.610. The number of benzene rings is 1. The van der Waals surface area contributed by atoms with Crippen LogP contribution in [0.1, 0.15) is 25.1 Å². The van der Waals surface area contributed by atoms with Crippen LogP contribution in [0, 0.1) is 17.0 Å². The summed E-state index contributed by atoms with van der Waals surface area (Å²) in [4.78, 5) is 18.9. The molecule has 7 nitrogen and oxygen atoms in total. The third kappa shape index (κ3) is 5.33. The molecule has 23 heavy (non-hydrogen) atoms. The van der Waals surface area contributed by atoms with Crippen molar-refractivity contribution in [2.24, 2.45) is 5.10 Å². The van der Waals surface area contributed by atoms with Gasteiger partial charge in [0.2, 0.25) is 0 Å². The topological polar surface area (TPSA) is 93.3 Å². The summed E-state index contributed by atoms with van der Waals surface area (Å²) in [6.07, 6.45) is 1.58. The second-order valence-corrected chi connectivity index (χ2v) is 6.61. The average Bonchev–Trinajstić information content (AvgIpc) is 2.46. The van der Waals surface area contributed by atoms with E-state index in [-0.39, 0.29) is 5.69 Å². The molecule has 0 spiro atoms. The number of aromatic nitrogens is 2. The number of hydrogen-bond acceptors (Lipinski definition) is 7. The first-order valence-corrected chi connectivity index (χ1v) is 7.88. The number of aryl methyl sites for hydroxylation is 1. The lowest BCUT2D eigenvalue weighted by atomic mass is 10.2. The Bertz CT molecular complexity index is 716. The molecule has 1 N–H and O–H groups in total. The first-order valence-electron chi connectivity index (χ1n) is 7.00. The molecule has 0 aliphatic carbocycles. The molecule has 1 aromatic carbocycles. The maximum Gasteiger partial charge on any atom is 0.269 e. The Morgan fingerprint density at radius 1 is 1.30 bits per heavy atom. The fourth-order valence-electron chi connectivity index (χ4n) is 1.72. The molecule has 0 unspecified atom stereocenters. The number of hydrazone groups is 1. The smallest absolute Gasteiger partial charge is 0.261 e. The van der Waals surface area contributed by atoms with E-state index in [1.165, 1.54) is 12.1 Å². The van der Waals surface area contributed by atoms with Crippen molar-refractivity contribution in [3.8, 4) is 0 Å². The highest BCUT2D eigenvalue weighted by Crippen LogP contribution is 2.20. The summed E-state index contributed by atoms with van der Waals surface area (Å²) in [6, 6.07) is 7.95. The third-order valence-corrected chi connectivity index (χ3v) is 3.54. The van der Waals surface area contributed by atoms with Crippen LogP contribution >= 0.6 is 11.8 Å². The summed E-state index contributed by atoms with van der Waals surface area (Å²) in [7, 11) is 0. The lowest BCUT2D eigenvalue weighted by molar-refractivity contribution is -0.384. The van der Waals surface area contributed by atoms with Crippen LogP contribution in [-0.4, -0.2) is 26.4 Å². The average molecular weight is 331 g/mol. The molecule has 2 rings (SSSR count). The molecule has 0 radical (unpaired) electrons. The zero-order valence-corrected chi connectivity index (χ0v) is 13.9. The Balaban J connectivity index is 2.04. The third-order valence-electron chi connectivity index (χ3n) is 2.67. The molecule has 1 heterocycles. The summed E-state index contributed by atoms with van der Waals surface area (Å²) in [5.41, 5.74) is 4.52. The van der Waals surface area contributed by atoms with E-state index in [1.807, 2.05) is 6.92 Å². The lowest BCUT2D eigenvalue weighted by Gasteiger charge is -2.06. The van der Waals surface area contributed by atoms with Crippen LogP contribution in [0.2, 0.25) is 0 Å². The highest BCUT2D eigenvalue weighted by molar-refractivity contribution is 7.99. The van der Waals surface area contributed by atoms with Crippen LogP contribution in [0.4, 0.5) is 11.5 Å². The van der Waals surface area contributed by atoms with Gasteiger partial charge in [-0.05, 0) is 24.6 Å². The zero-order chi connectivity index (χ0) is 16.8. The molecule has 0 saturated carbocycles. The molecule has 0 atom stereocenters. The standard InChI is InChI=1S/C15H17N5O2S/c1-10(2)23-15-17-11(3)8-14(18-15)19-16-9-12-4-6-13(7-5-12)20(21)22/h4-10H,1-3H3,(H,17,18,19). The maximum atomic E-state index is 10.6. The summed E-state index contributed by atoms with van der Waals surface area (Å²) in [6.45, 7) is 6.06. The van der Waals surface area contributed by atoms with Gasteiger partial charge in [-0.1, -0.05) is 25.6 Å². The second kappa shape index (κ2) is 7.68. The number of nitrogens with one attached hydrogen (secondary N) is 1. The van der Waals surface area contributed by atoms with Gasteiger partial charge in [-0.15, -0.1) is 0 Å². The first kappa shape index (κ1) is 16.9. The van der Waals surface area contributed by atoms with Crippen LogP contribution in [0.5, 0.6) is 0 Å². The predicted molar refractivity (Wildman–Crippen MR) is 92.1 cm³/mol. The Morgan fingerprint density at radius 2 is 2.00 bits per heavy atom. The van der Waals surface area contributed by atoms with Crippen LogP contribution in [-0.2, 0) is 0 Å². The molecule has 0 fully saturated rings. The van der Waals surface area contributed by atoms with Crippen molar-refractivity contribution >= 4 is 29.5 Å². The molecule has 0 amide bonds. The SMILES string of the molecule is Cc1cc(NN=Cc2ccc([N+](=O)[O-])cc2)nc(SC(C)C)n1. The van der Waals surface area contributed by atoms with E-state index in [0.717, 1.165) is 11.3 Å². The first-order chi connectivity index (χ1) is 10.9. The van der Waals surface area contributed by atoms with Crippen molar-refractivity contribution in [2.75, 3.05) is 5.43 Å². The Hall–Kier alpha value is -2.48. The van der Waals surface area contributed by atoms with Gasteiger partial charge in [-0.3, -0.25) is 15.5 Å². The maximum absolute atomic E-state index is 10.6. The van der Waals surface area contributed by atoms with Gasteiger partial charge in [0, 0.05) is 29.1 Å². The van der Waals surface area contributed by atoms with Gasteiger partial charge in [-0.25, -0.2) is 9.97 Å². The van der Waals surface area contributed by atoms with E-state index in [2.05, 4.69) is 34.3 Å².